The molecule has 1 rings (SSSR count). The number of carboxylic acids is 1. The molecule has 0 radical (unpaired) electrons. The highest BCUT2D eigenvalue weighted by Crippen LogP contribution is 2.35. The molecule has 0 aromatic carbocycles. The Labute approximate surface area is 111 Å². The molecule has 0 aromatic rings. The highest BCUT2D eigenvalue weighted by Gasteiger charge is 2.29. The van der Waals surface area contributed by atoms with Gasteiger partial charge in [0, 0.05) is 0 Å². The number of aliphatic hydroxyl groups is 1. The van der Waals surface area contributed by atoms with Gasteiger partial charge in [-0.1, -0.05) is 20.8 Å². The molecule has 106 valence electrons. The van der Waals surface area contributed by atoms with Gasteiger partial charge in [-0.3, -0.25) is 4.79 Å². The molecular formula is C15H28O3. The molecule has 1 aliphatic rings. The molecule has 0 aromatic heterocycles. The van der Waals surface area contributed by atoms with Gasteiger partial charge in [0.05, 0.1) is 12.0 Å². The zero-order chi connectivity index (χ0) is 13.7. The minimum Gasteiger partial charge on any atom is -0.481 e. The first-order chi connectivity index (χ1) is 8.40. The fraction of sp³-hybridized carbons (Fsp3) is 0.933. The summed E-state index contributed by atoms with van der Waals surface area (Å²) in [5.41, 5.74) is 0. The Morgan fingerprint density at radius 3 is 2.11 bits per heavy atom. The van der Waals surface area contributed by atoms with Crippen molar-refractivity contribution < 1.29 is 15.0 Å². The third kappa shape index (κ3) is 4.97. The third-order valence-corrected chi connectivity index (χ3v) is 4.31. The molecule has 1 saturated carbocycles. The Morgan fingerprint density at radius 1 is 1.11 bits per heavy atom. The monoisotopic (exact) mass is 256 g/mol. The van der Waals surface area contributed by atoms with Gasteiger partial charge in [0.25, 0.3) is 0 Å². The van der Waals surface area contributed by atoms with Crippen LogP contribution in [0.1, 0.15) is 59.3 Å². The Kier molecular flexibility index (Phi) is 6.13. The minimum absolute atomic E-state index is 0.131. The lowest BCUT2D eigenvalue weighted by Crippen LogP contribution is -2.26. The van der Waals surface area contributed by atoms with E-state index in [-0.39, 0.29) is 12.0 Å². The molecule has 2 atom stereocenters. The van der Waals surface area contributed by atoms with Crippen molar-refractivity contribution in [2.45, 2.75) is 65.4 Å². The summed E-state index contributed by atoms with van der Waals surface area (Å²) >= 11 is 0. The highest BCUT2D eigenvalue weighted by atomic mass is 16.4. The van der Waals surface area contributed by atoms with E-state index in [1.807, 2.05) is 0 Å². The number of hydrogen-bond acceptors (Lipinski definition) is 2. The Bertz CT molecular complexity index is 254. The minimum atomic E-state index is -0.638. The molecular weight excluding hydrogens is 228 g/mol. The van der Waals surface area contributed by atoms with Crippen molar-refractivity contribution in [1.82, 2.24) is 0 Å². The van der Waals surface area contributed by atoms with Crippen molar-refractivity contribution in [3.05, 3.63) is 0 Å². The molecule has 1 aliphatic carbocycles. The van der Waals surface area contributed by atoms with E-state index in [1.165, 1.54) is 0 Å². The van der Waals surface area contributed by atoms with Crippen LogP contribution in [0.5, 0.6) is 0 Å². The summed E-state index contributed by atoms with van der Waals surface area (Å²) in [6.45, 7) is 6.47. The lowest BCUT2D eigenvalue weighted by Gasteiger charge is -2.31. The first-order valence-electron chi connectivity index (χ1n) is 7.31. The molecule has 0 amide bonds. The predicted molar refractivity (Wildman–Crippen MR) is 72.3 cm³/mol. The number of aliphatic carboxylic acids is 1. The van der Waals surface area contributed by atoms with E-state index in [4.69, 9.17) is 5.11 Å². The summed E-state index contributed by atoms with van der Waals surface area (Å²) in [7, 11) is 0. The molecule has 3 nitrogen and oxygen atoms in total. The Hall–Kier alpha value is -0.570. The first kappa shape index (κ1) is 15.5. The third-order valence-electron chi connectivity index (χ3n) is 4.31. The van der Waals surface area contributed by atoms with Gasteiger partial charge in [-0.05, 0) is 56.3 Å². The second-order valence-electron chi connectivity index (χ2n) is 6.45. The van der Waals surface area contributed by atoms with E-state index >= 15 is 0 Å². The van der Waals surface area contributed by atoms with Crippen LogP contribution in [0.15, 0.2) is 0 Å². The molecule has 0 aliphatic heterocycles. The van der Waals surface area contributed by atoms with Crippen LogP contribution in [-0.2, 0) is 4.79 Å². The highest BCUT2D eigenvalue weighted by molar-refractivity contribution is 5.69. The van der Waals surface area contributed by atoms with Crippen LogP contribution in [-0.4, -0.2) is 22.3 Å². The van der Waals surface area contributed by atoms with E-state index in [9.17, 15) is 9.90 Å². The predicted octanol–water partition coefficient (Wildman–Crippen LogP) is 3.31. The van der Waals surface area contributed by atoms with Gasteiger partial charge in [0.15, 0.2) is 0 Å². The van der Waals surface area contributed by atoms with E-state index in [1.54, 1.807) is 0 Å². The van der Waals surface area contributed by atoms with Gasteiger partial charge in [0.1, 0.15) is 0 Å². The van der Waals surface area contributed by atoms with Crippen molar-refractivity contribution in [2.75, 3.05) is 0 Å². The molecule has 18 heavy (non-hydrogen) atoms. The van der Waals surface area contributed by atoms with Crippen molar-refractivity contribution in [1.29, 1.82) is 0 Å². The maximum atomic E-state index is 10.9. The molecule has 2 N–H and O–H groups in total. The van der Waals surface area contributed by atoms with E-state index in [2.05, 4.69) is 20.8 Å². The Morgan fingerprint density at radius 2 is 1.67 bits per heavy atom. The maximum Gasteiger partial charge on any atom is 0.306 e. The van der Waals surface area contributed by atoms with Crippen LogP contribution in [0.25, 0.3) is 0 Å². The molecule has 1 fully saturated rings. The average molecular weight is 256 g/mol. The molecule has 0 bridgehead atoms. The number of rotatable bonds is 6. The van der Waals surface area contributed by atoms with Crippen LogP contribution >= 0.6 is 0 Å². The maximum absolute atomic E-state index is 10.9. The number of hydrogen-bond donors (Lipinski definition) is 2. The standard InChI is InChI=1S/C15H28O3/c1-10(2)8-14(16)9-11(3)12-4-6-13(7-5-12)15(17)18/h10-14,16H,4-9H2,1-3H3,(H,17,18)/t11-,12?,13?,14-/m0/s1. The quantitative estimate of drug-likeness (QED) is 0.766. The summed E-state index contributed by atoms with van der Waals surface area (Å²) in [5.74, 6) is 0.876. The Balaban J connectivity index is 2.31. The second kappa shape index (κ2) is 7.13. The molecule has 0 saturated heterocycles. The summed E-state index contributed by atoms with van der Waals surface area (Å²) in [4.78, 5) is 10.9. The zero-order valence-electron chi connectivity index (χ0n) is 11.9. The van der Waals surface area contributed by atoms with E-state index in [0.29, 0.717) is 17.8 Å². The largest absolute Gasteiger partial charge is 0.481 e. The van der Waals surface area contributed by atoms with Gasteiger partial charge >= 0.3 is 5.97 Å². The topological polar surface area (TPSA) is 57.5 Å². The van der Waals surface area contributed by atoms with Crippen molar-refractivity contribution in [3.63, 3.8) is 0 Å². The van der Waals surface area contributed by atoms with Gasteiger partial charge in [-0.15, -0.1) is 0 Å². The summed E-state index contributed by atoms with van der Waals surface area (Å²) in [6, 6.07) is 0. The SMILES string of the molecule is CC(C)C[C@H](O)C[C@H](C)C1CCC(C(=O)O)CC1. The van der Waals surface area contributed by atoms with E-state index in [0.717, 1.165) is 38.5 Å². The zero-order valence-corrected chi connectivity index (χ0v) is 11.9. The van der Waals surface area contributed by atoms with Crippen LogP contribution < -0.4 is 0 Å². The summed E-state index contributed by atoms with van der Waals surface area (Å²) in [5, 5.41) is 18.9. The van der Waals surface area contributed by atoms with Crippen LogP contribution in [0.2, 0.25) is 0 Å². The van der Waals surface area contributed by atoms with Gasteiger partial charge in [-0.25, -0.2) is 0 Å². The summed E-state index contributed by atoms with van der Waals surface area (Å²) < 4.78 is 0. The molecule has 0 spiro atoms. The van der Waals surface area contributed by atoms with Gasteiger partial charge < -0.3 is 10.2 Å². The fourth-order valence-electron chi connectivity index (χ4n) is 3.20. The van der Waals surface area contributed by atoms with Crippen LogP contribution in [0.4, 0.5) is 0 Å². The normalized spacial score (nSPS) is 28.1. The molecule has 0 unspecified atom stereocenters. The van der Waals surface area contributed by atoms with Crippen molar-refractivity contribution in [3.8, 4) is 0 Å². The van der Waals surface area contributed by atoms with Gasteiger partial charge in [-0.2, -0.15) is 0 Å². The van der Waals surface area contributed by atoms with E-state index < -0.39 is 5.97 Å². The molecule has 3 heteroatoms. The lowest BCUT2D eigenvalue weighted by molar-refractivity contribution is -0.143. The molecule has 0 heterocycles. The number of carbonyl (C=O) groups is 1. The lowest BCUT2D eigenvalue weighted by atomic mass is 9.74. The smallest absolute Gasteiger partial charge is 0.306 e. The van der Waals surface area contributed by atoms with Crippen molar-refractivity contribution >= 4 is 5.97 Å². The number of aliphatic hydroxyl groups excluding tert-OH is 1. The van der Waals surface area contributed by atoms with Crippen LogP contribution in [0.3, 0.4) is 0 Å². The summed E-state index contributed by atoms with van der Waals surface area (Å²) in [6.07, 6.45) is 5.17. The van der Waals surface area contributed by atoms with Gasteiger partial charge in [0.2, 0.25) is 0 Å². The van der Waals surface area contributed by atoms with Crippen LogP contribution in [0, 0.1) is 23.7 Å². The van der Waals surface area contributed by atoms with Crippen molar-refractivity contribution in [2.24, 2.45) is 23.7 Å². The second-order valence-corrected chi connectivity index (χ2v) is 6.45. The average Bonchev–Trinajstić information content (AvgIpc) is 2.27. The first-order valence-corrected chi connectivity index (χ1v) is 7.31. The number of carboxylic acid groups (broad SMARTS) is 1. The fourth-order valence-corrected chi connectivity index (χ4v) is 3.20.